The molecule has 1 heterocycles. The Bertz CT molecular complexity index is 240. The largest absolute Gasteiger partial charge is 0.381 e. The first-order valence-electron chi connectivity index (χ1n) is 4.74. The second-order valence-corrected chi connectivity index (χ2v) is 4.36. The maximum Gasteiger partial charge on any atom is 0.0504 e. The molecule has 4 unspecified atom stereocenters. The Hall–Kier alpha value is -0.560. The number of fused-ring (bicyclic) bond motifs is 5. The van der Waals surface area contributed by atoms with Gasteiger partial charge in [0.2, 0.25) is 0 Å². The van der Waals surface area contributed by atoms with Gasteiger partial charge in [-0.3, -0.25) is 0 Å². The molecular weight excluding hydrogens is 148 g/mol. The molecule has 1 heteroatoms. The van der Waals surface area contributed by atoms with Gasteiger partial charge < -0.3 is 4.74 Å². The van der Waals surface area contributed by atoms with Crippen molar-refractivity contribution in [3.05, 3.63) is 24.3 Å². The van der Waals surface area contributed by atoms with Crippen molar-refractivity contribution in [2.45, 2.75) is 6.42 Å². The van der Waals surface area contributed by atoms with Gasteiger partial charge in [0.15, 0.2) is 0 Å². The average molecular weight is 162 g/mol. The van der Waals surface area contributed by atoms with E-state index in [0.717, 1.165) is 36.9 Å². The van der Waals surface area contributed by atoms with Crippen LogP contribution in [0.2, 0.25) is 0 Å². The van der Waals surface area contributed by atoms with E-state index in [4.69, 9.17) is 4.74 Å². The summed E-state index contributed by atoms with van der Waals surface area (Å²) in [5, 5.41) is 0. The van der Waals surface area contributed by atoms with E-state index < -0.39 is 0 Å². The zero-order valence-electron chi connectivity index (χ0n) is 7.25. The van der Waals surface area contributed by atoms with Gasteiger partial charge in [-0.05, 0) is 41.2 Å². The molecule has 4 atom stereocenters. The summed E-state index contributed by atoms with van der Waals surface area (Å²) in [7, 11) is 0. The van der Waals surface area contributed by atoms with Crippen LogP contribution in [-0.2, 0) is 4.74 Å². The molecule has 1 saturated heterocycles. The highest BCUT2D eigenvalue weighted by Gasteiger charge is 2.53. The monoisotopic (exact) mass is 162 g/mol. The number of hydrogen-bond donors (Lipinski definition) is 0. The smallest absolute Gasteiger partial charge is 0.0504 e. The molecule has 2 aliphatic carbocycles. The molecule has 2 bridgehead atoms. The molecule has 0 aromatic heterocycles. The van der Waals surface area contributed by atoms with Crippen LogP contribution in [0.15, 0.2) is 24.3 Å². The molecule has 0 amide bonds. The van der Waals surface area contributed by atoms with E-state index in [-0.39, 0.29) is 0 Å². The Morgan fingerprint density at radius 3 is 2.00 bits per heavy atom. The van der Waals surface area contributed by atoms with Crippen molar-refractivity contribution in [3.63, 3.8) is 0 Å². The van der Waals surface area contributed by atoms with Gasteiger partial charge in [0.05, 0.1) is 13.2 Å². The second kappa shape index (κ2) is 2.02. The van der Waals surface area contributed by atoms with E-state index in [0.29, 0.717) is 0 Å². The standard InChI is InChI=1S/C11H14O/c1-6-7(2)9-3-8(6)10-4-12-5-11(9)10/h8-11H,1-5H2. The summed E-state index contributed by atoms with van der Waals surface area (Å²) in [6, 6.07) is 0. The van der Waals surface area contributed by atoms with Crippen LogP contribution in [0.25, 0.3) is 0 Å². The third kappa shape index (κ3) is 0.601. The van der Waals surface area contributed by atoms with Crippen molar-refractivity contribution in [2.75, 3.05) is 13.2 Å². The van der Waals surface area contributed by atoms with E-state index in [1.165, 1.54) is 17.6 Å². The van der Waals surface area contributed by atoms with E-state index in [1.807, 2.05) is 0 Å². The van der Waals surface area contributed by atoms with Gasteiger partial charge in [-0.25, -0.2) is 0 Å². The first kappa shape index (κ1) is 6.90. The molecule has 3 aliphatic rings. The fourth-order valence-corrected chi connectivity index (χ4v) is 3.32. The van der Waals surface area contributed by atoms with Crippen molar-refractivity contribution in [2.24, 2.45) is 23.7 Å². The molecule has 0 spiro atoms. The van der Waals surface area contributed by atoms with Crippen molar-refractivity contribution < 1.29 is 4.74 Å². The minimum absolute atomic E-state index is 0.718. The second-order valence-electron chi connectivity index (χ2n) is 4.36. The summed E-state index contributed by atoms with van der Waals surface area (Å²) in [6.07, 6.45) is 1.32. The third-order valence-corrected chi connectivity index (χ3v) is 4.02. The number of allylic oxidation sites excluding steroid dienone is 2. The molecule has 0 radical (unpaired) electrons. The van der Waals surface area contributed by atoms with Crippen LogP contribution in [-0.4, -0.2) is 13.2 Å². The molecule has 1 aliphatic heterocycles. The first-order chi connectivity index (χ1) is 5.79. The lowest BCUT2D eigenvalue weighted by Gasteiger charge is -2.26. The van der Waals surface area contributed by atoms with Crippen LogP contribution in [0.3, 0.4) is 0 Å². The van der Waals surface area contributed by atoms with Gasteiger partial charge in [0.1, 0.15) is 0 Å². The van der Waals surface area contributed by atoms with Crippen molar-refractivity contribution in [3.8, 4) is 0 Å². The van der Waals surface area contributed by atoms with Gasteiger partial charge in [0, 0.05) is 0 Å². The number of rotatable bonds is 0. The van der Waals surface area contributed by atoms with Gasteiger partial charge in [-0.15, -0.1) is 0 Å². The van der Waals surface area contributed by atoms with E-state index in [2.05, 4.69) is 13.2 Å². The van der Waals surface area contributed by atoms with E-state index >= 15 is 0 Å². The SMILES string of the molecule is C=C1C(=C)C2CC1C1COCC21. The summed E-state index contributed by atoms with van der Waals surface area (Å²) in [5.41, 5.74) is 2.65. The highest BCUT2D eigenvalue weighted by molar-refractivity contribution is 5.40. The predicted molar refractivity (Wildman–Crippen MR) is 47.7 cm³/mol. The summed E-state index contributed by atoms with van der Waals surface area (Å²) >= 11 is 0. The lowest BCUT2D eigenvalue weighted by atomic mass is 9.77. The van der Waals surface area contributed by atoms with E-state index in [1.54, 1.807) is 0 Å². The zero-order valence-corrected chi connectivity index (χ0v) is 7.25. The molecule has 2 saturated carbocycles. The molecule has 0 aromatic carbocycles. The van der Waals surface area contributed by atoms with Crippen molar-refractivity contribution in [1.29, 1.82) is 0 Å². The number of ether oxygens (including phenoxy) is 1. The predicted octanol–water partition coefficient (Wildman–Crippen LogP) is 2.01. The quantitative estimate of drug-likeness (QED) is 0.529. The lowest BCUT2D eigenvalue weighted by Crippen LogP contribution is -2.22. The van der Waals surface area contributed by atoms with Gasteiger partial charge in [0.25, 0.3) is 0 Å². The zero-order chi connectivity index (χ0) is 8.29. The summed E-state index contributed by atoms with van der Waals surface area (Å²) < 4.78 is 5.51. The summed E-state index contributed by atoms with van der Waals surface area (Å²) in [4.78, 5) is 0. The third-order valence-electron chi connectivity index (χ3n) is 4.02. The van der Waals surface area contributed by atoms with Gasteiger partial charge in [-0.2, -0.15) is 0 Å². The minimum Gasteiger partial charge on any atom is -0.381 e. The Kier molecular flexibility index (Phi) is 1.16. The molecule has 0 aromatic rings. The fourth-order valence-electron chi connectivity index (χ4n) is 3.32. The van der Waals surface area contributed by atoms with Crippen LogP contribution >= 0.6 is 0 Å². The van der Waals surface area contributed by atoms with Gasteiger partial charge >= 0.3 is 0 Å². The molecule has 1 nitrogen and oxygen atoms in total. The van der Waals surface area contributed by atoms with Crippen molar-refractivity contribution >= 4 is 0 Å². The Morgan fingerprint density at radius 1 is 1.00 bits per heavy atom. The van der Waals surface area contributed by atoms with E-state index in [9.17, 15) is 0 Å². The van der Waals surface area contributed by atoms with Crippen LogP contribution in [0.4, 0.5) is 0 Å². The topological polar surface area (TPSA) is 9.23 Å². The molecule has 0 N–H and O–H groups in total. The molecule has 12 heavy (non-hydrogen) atoms. The average Bonchev–Trinajstić information content (AvgIpc) is 2.63. The lowest BCUT2D eigenvalue weighted by molar-refractivity contribution is 0.166. The van der Waals surface area contributed by atoms with Crippen LogP contribution in [0, 0.1) is 23.7 Å². The highest BCUT2D eigenvalue weighted by Crippen LogP contribution is 2.58. The molecule has 3 rings (SSSR count). The first-order valence-corrected chi connectivity index (χ1v) is 4.74. The Morgan fingerprint density at radius 2 is 1.50 bits per heavy atom. The van der Waals surface area contributed by atoms with Gasteiger partial charge in [-0.1, -0.05) is 13.2 Å². The molecule has 64 valence electrons. The highest BCUT2D eigenvalue weighted by atomic mass is 16.5. The van der Waals surface area contributed by atoms with Crippen molar-refractivity contribution in [1.82, 2.24) is 0 Å². The Balaban J connectivity index is 2.02. The Labute approximate surface area is 73.1 Å². The fraction of sp³-hybridized carbons (Fsp3) is 0.636. The van der Waals surface area contributed by atoms with Crippen LogP contribution < -0.4 is 0 Å². The number of hydrogen-bond acceptors (Lipinski definition) is 1. The van der Waals surface area contributed by atoms with Crippen LogP contribution in [0.5, 0.6) is 0 Å². The summed E-state index contributed by atoms with van der Waals surface area (Å²) in [5.74, 6) is 3.01. The normalized spacial score (nSPS) is 50.3. The maximum atomic E-state index is 5.51. The van der Waals surface area contributed by atoms with Crippen LogP contribution in [0.1, 0.15) is 6.42 Å². The summed E-state index contributed by atoms with van der Waals surface area (Å²) in [6.45, 7) is 10.2. The maximum absolute atomic E-state index is 5.51. The minimum atomic E-state index is 0.718. The molecular formula is C11H14O. The molecule has 3 fully saturated rings.